The van der Waals surface area contributed by atoms with Crippen molar-refractivity contribution in [2.75, 3.05) is 4.90 Å². The van der Waals surface area contributed by atoms with Gasteiger partial charge in [0.2, 0.25) is 0 Å². The van der Waals surface area contributed by atoms with E-state index in [0.29, 0.717) is 0 Å². The first-order valence-electron chi connectivity index (χ1n) is 21.4. The van der Waals surface area contributed by atoms with Gasteiger partial charge in [-0.1, -0.05) is 224 Å². The van der Waals surface area contributed by atoms with E-state index in [0.717, 1.165) is 17.1 Å². The van der Waals surface area contributed by atoms with Gasteiger partial charge >= 0.3 is 0 Å². The van der Waals surface area contributed by atoms with E-state index in [-0.39, 0.29) is 0 Å². The van der Waals surface area contributed by atoms with Crippen molar-refractivity contribution < 1.29 is 0 Å². The molecular formula is C61H43N. The van der Waals surface area contributed by atoms with Gasteiger partial charge in [-0.05, 0) is 114 Å². The van der Waals surface area contributed by atoms with Gasteiger partial charge in [0, 0.05) is 17.1 Å². The molecular weight excluding hydrogens is 747 g/mol. The van der Waals surface area contributed by atoms with Crippen molar-refractivity contribution in [3.8, 4) is 55.6 Å². The Labute approximate surface area is 364 Å². The van der Waals surface area contributed by atoms with Crippen LogP contribution < -0.4 is 4.90 Å². The zero-order valence-electron chi connectivity index (χ0n) is 34.3. The number of rotatable bonds is 9. The van der Waals surface area contributed by atoms with E-state index in [4.69, 9.17) is 0 Å². The number of hydrogen-bond acceptors (Lipinski definition) is 1. The molecule has 0 aliphatic heterocycles. The van der Waals surface area contributed by atoms with E-state index in [1.54, 1.807) is 0 Å². The molecule has 0 fully saturated rings. The highest BCUT2D eigenvalue weighted by molar-refractivity contribution is 5.88. The molecule has 1 heteroatoms. The number of anilines is 3. The van der Waals surface area contributed by atoms with Crippen molar-refractivity contribution in [1.29, 1.82) is 0 Å². The van der Waals surface area contributed by atoms with Crippen molar-refractivity contribution in [1.82, 2.24) is 0 Å². The fraction of sp³-hybridized carbons (Fsp3) is 0.0164. The van der Waals surface area contributed by atoms with Crippen LogP contribution in [-0.2, 0) is 5.41 Å². The Balaban J connectivity index is 1.02. The van der Waals surface area contributed by atoms with Gasteiger partial charge in [0.25, 0.3) is 0 Å². The summed E-state index contributed by atoms with van der Waals surface area (Å²) < 4.78 is 0. The molecule has 0 atom stereocenters. The third-order valence-corrected chi connectivity index (χ3v) is 12.6. The predicted molar refractivity (Wildman–Crippen MR) is 260 cm³/mol. The maximum Gasteiger partial charge on any atom is 0.0714 e. The summed E-state index contributed by atoms with van der Waals surface area (Å²) >= 11 is 0. The Morgan fingerprint density at radius 1 is 0.226 bits per heavy atom. The predicted octanol–water partition coefficient (Wildman–Crippen LogP) is 16.2. The van der Waals surface area contributed by atoms with Gasteiger partial charge in [0.05, 0.1) is 5.41 Å². The van der Waals surface area contributed by atoms with Crippen LogP contribution in [0.3, 0.4) is 0 Å². The number of fused-ring (bicyclic) bond motifs is 3. The summed E-state index contributed by atoms with van der Waals surface area (Å²) in [5.74, 6) is 0. The Hall–Kier alpha value is -8.00. The summed E-state index contributed by atoms with van der Waals surface area (Å²) in [5.41, 5.74) is 20.1. The van der Waals surface area contributed by atoms with E-state index in [1.165, 1.54) is 77.9 Å². The van der Waals surface area contributed by atoms with Gasteiger partial charge in [0.15, 0.2) is 0 Å². The quantitative estimate of drug-likeness (QED) is 0.141. The molecule has 0 unspecified atom stereocenters. The van der Waals surface area contributed by atoms with Gasteiger partial charge in [-0.2, -0.15) is 0 Å². The second-order valence-corrected chi connectivity index (χ2v) is 16.1. The summed E-state index contributed by atoms with van der Waals surface area (Å²) in [4.78, 5) is 2.40. The molecule has 0 aromatic heterocycles. The first-order chi connectivity index (χ1) is 30.7. The minimum atomic E-state index is -0.498. The fourth-order valence-corrected chi connectivity index (χ4v) is 9.61. The second-order valence-electron chi connectivity index (χ2n) is 16.1. The third-order valence-electron chi connectivity index (χ3n) is 12.6. The van der Waals surface area contributed by atoms with Crippen LogP contribution in [0.4, 0.5) is 17.1 Å². The summed E-state index contributed by atoms with van der Waals surface area (Å²) in [7, 11) is 0. The van der Waals surface area contributed by atoms with Crippen molar-refractivity contribution in [2.45, 2.75) is 5.41 Å². The van der Waals surface area contributed by atoms with Crippen LogP contribution in [0.1, 0.15) is 22.3 Å². The topological polar surface area (TPSA) is 3.24 Å². The SMILES string of the molecule is c1ccc(-c2ccc(-c3ccc(N(c4ccc(-c5ccc(-c6ccccc6)cc5)cc4)c4cccc(C5(c6ccccc6)c6ccccc6-c6ccccc65)c4)cc3)cc2)cc1. The van der Waals surface area contributed by atoms with Gasteiger partial charge in [-0.15, -0.1) is 0 Å². The minimum absolute atomic E-state index is 0.498. The molecule has 292 valence electrons. The molecule has 0 amide bonds. The average molecular weight is 790 g/mol. The summed E-state index contributed by atoms with van der Waals surface area (Å²) in [6.45, 7) is 0. The summed E-state index contributed by atoms with van der Waals surface area (Å²) in [6.07, 6.45) is 0. The minimum Gasteiger partial charge on any atom is -0.310 e. The molecule has 0 heterocycles. The van der Waals surface area contributed by atoms with Gasteiger partial charge in [-0.25, -0.2) is 0 Å². The average Bonchev–Trinajstić information content (AvgIpc) is 3.67. The second kappa shape index (κ2) is 15.9. The summed E-state index contributed by atoms with van der Waals surface area (Å²) in [5, 5.41) is 0. The molecule has 1 aliphatic rings. The lowest BCUT2D eigenvalue weighted by Crippen LogP contribution is -2.28. The molecule has 0 N–H and O–H groups in total. The molecule has 62 heavy (non-hydrogen) atoms. The van der Waals surface area contributed by atoms with Crippen LogP contribution in [0.15, 0.2) is 261 Å². The molecule has 0 saturated carbocycles. The van der Waals surface area contributed by atoms with Crippen molar-refractivity contribution in [3.63, 3.8) is 0 Å². The van der Waals surface area contributed by atoms with Crippen LogP contribution in [0.2, 0.25) is 0 Å². The van der Waals surface area contributed by atoms with Gasteiger partial charge in [0.1, 0.15) is 0 Å². The maximum absolute atomic E-state index is 2.41. The first kappa shape index (κ1) is 37.0. The summed E-state index contributed by atoms with van der Waals surface area (Å²) in [6, 6.07) is 95.1. The standard InChI is InChI=1S/C61H43N/c1-4-15-44(16-5-1)46-27-31-48(32-28-46)50-35-39-54(40-36-50)62(55-41-37-51(38-42-55)49-33-29-47(30-34-49)45-17-6-2-7-18-45)56-22-14-21-53(43-56)61(52-19-8-3-9-20-52)59-25-12-10-23-57(59)58-24-11-13-26-60(58)61/h1-43H. The largest absolute Gasteiger partial charge is 0.310 e. The molecule has 10 aromatic carbocycles. The fourth-order valence-electron chi connectivity index (χ4n) is 9.61. The van der Waals surface area contributed by atoms with Gasteiger partial charge in [-0.3, -0.25) is 0 Å². The Morgan fingerprint density at radius 3 is 0.968 bits per heavy atom. The van der Waals surface area contributed by atoms with Crippen molar-refractivity contribution in [2.24, 2.45) is 0 Å². The van der Waals surface area contributed by atoms with Crippen LogP contribution >= 0.6 is 0 Å². The van der Waals surface area contributed by atoms with Crippen LogP contribution in [0.25, 0.3) is 55.6 Å². The molecule has 10 aromatic rings. The molecule has 11 rings (SSSR count). The molecule has 0 radical (unpaired) electrons. The van der Waals surface area contributed by atoms with Crippen molar-refractivity contribution >= 4 is 17.1 Å². The lowest BCUT2D eigenvalue weighted by molar-refractivity contribution is 0.768. The normalized spacial score (nSPS) is 12.3. The zero-order valence-corrected chi connectivity index (χ0v) is 34.3. The highest BCUT2D eigenvalue weighted by atomic mass is 15.1. The first-order valence-corrected chi connectivity index (χ1v) is 21.4. The number of benzene rings is 10. The Bertz CT molecular complexity index is 2940. The Morgan fingerprint density at radius 2 is 0.548 bits per heavy atom. The molecule has 0 saturated heterocycles. The van der Waals surface area contributed by atoms with Crippen LogP contribution in [-0.4, -0.2) is 0 Å². The van der Waals surface area contributed by atoms with E-state index < -0.39 is 5.41 Å². The van der Waals surface area contributed by atoms with E-state index in [1.807, 2.05) is 0 Å². The zero-order chi connectivity index (χ0) is 41.3. The van der Waals surface area contributed by atoms with E-state index in [9.17, 15) is 0 Å². The third kappa shape index (κ3) is 6.52. The number of nitrogens with zero attached hydrogens (tertiary/aromatic N) is 1. The maximum atomic E-state index is 2.41. The van der Waals surface area contributed by atoms with E-state index >= 15 is 0 Å². The van der Waals surface area contributed by atoms with Crippen molar-refractivity contribution in [3.05, 3.63) is 283 Å². The van der Waals surface area contributed by atoms with Crippen LogP contribution in [0, 0.1) is 0 Å². The smallest absolute Gasteiger partial charge is 0.0714 e. The van der Waals surface area contributed by atoms with E-state index in [2.05, 4.69) is 266 Å². The Kier molecular flexibility index (Phi) is 9.48. The molecule has 0 bridgehead atoms. The molecule has 0 spiro atoms. The highest BCUT2D eigenvalue weighted by Gasteiger charge is 2.46. The van der Waals surface area contributed by atoms with Gasteiger partial charge < -0.3 is 4.90 Å². The number of hydrogen-bond donors (Lipinski definition) is 0. The molecule has 1 nitrogen and oxygen atoms in total. The van der Waals surface area contributed by atoms with Crippen LogP contribution in [0.5, 0.6) is 0 Å². The highest BCUT2D eigenvalue weighted by Crippen LogP contribution is 2.56. The lowest BCUT2D eigenvalue weighted by Gasteiger charge is -2.35. The lowest BCUT2D eigenvalue weighted by atomic mass is 9.67. The molecule has 1 aliphatic carbocycles. The monoisotopic (exact) mass is 789 g/mol.